The molecule has 3 aromatic carbocycles. The van der Waals surface area contributed by atoms with E-state index in [2.05, 4.69) is 15.9 Å². The first-order valence-corrected chi connectivity index (χ1v) is 10.9. The summed E-state index contributed by atoms with van der Waals surface area (Å²) in [5.41, 5.74) is 2.95. The highest BCUT2D eigenvalue weighted by molar-refractivity contribution is 9.10. The molecule has 0 radical (unpaired) electrons. The number of aryl methyl sites for hydroxylation is 1. The molecule has 0 bridgehead atoms. The predicted molar refractivity (Wildman–Crippen MR) is 123 cm³/mol. The second-order valence-corrected chi connectivity index (χ2v) is 8.46. The van der Waals surface area contributed by atoms with E-state index in [0.29, 0.717) is 13.0 Å². The number of nitrogens with zero attached hydrogens (tertiary/aromatic N) is 1. The van der Waals surface area contributed by atoms with Gasteiger partial charge in [-0.1, -0.05) is 88.7 Å². The van der Waals surface area contributed by atoms with Crippen LogP contribution >= 0.6 is 15.9 Å². The van der Waals surface area contributed by atoms with Crippen LogP contribution in [-0.4, -0.2) is 21.7 Å². The van der Waals surface area contributed by atoms with E-state index < -0.39 is 17.7 Å². The Morgan fingerprint density at radius 1 is 0.871 bits per heavy atom. The number of carbonyl (C=O) groups excluding carboxylic acids is 2. The molecule has 0 fully saturated rings. The fourth-order valence-corrected chi connectivity index (χ4v) is 4.17. The van der Waals surface area contributed by atoms with Gasteiger partial charge in [-0.25, -0.2) is 0 Å². The van der Waals surface area contributed by atoms with Crippen molar-refractivity contribution in [1.29, 1.82) is 0 Å². The lowest BCUT2D eigenvalue weighted by Crippen LogP contribution is -2.30. The average Bonchev–Trinajstić information content (AvgIpc) is 3.04. The number of hydrogen-bond donors (Lipinski definition) is 1. The van der Waals surface area contributed by atoms with Gasteiger partial charge in [0.15, 0.2) is 11.5 Å². The van der Waals surface area contributed by atoms with Gasteiger partial charge < -0.3 is 10.0 Å². The fraction of sp³-hybridized carbons (Fsp3) is 0.154. The molecule has 5 heteroatoms. The number of rotatable bonds is 7. The largest absolute Gasteiger partial charge is 0.503 e. The van der Waals surface area contributed by atoms with Crippen molar-refractivity contribution < 1.29 is 14.7 Å². The van der Waals surface area contributed by atoms with Gasteiger partial charge in [0.1, 0.15) is 0 Å². The molecule has 0 aromatic heterocycles. The average molecular weight is 476 g/mol. The Kier molecular flexibility index (Phi) is 6.33. The summed E-state index contributed by atoms with van der Waals surface area (Å²) in [4.78, 5) is 27.8. The number of hydrogen-bond acceptors (Lipinski definition) is 3. The monoisotopic (exact) mass is 475 g/mol. The standard InChI is InChI=1S/C26H22BrNO3/c27-21-14-12-20(13-15-21)24-23(22(29)16-11-18-7-3-1-4-8-18)25(30)26(31)28(24)17-19-9-5-2-6-10-19/h1-10,12-15,24,30H,11,16-17H2. The van der Waals surface area contributed by atoms with Gasteiger partial charge in [-0.15, -0.1) is 0 Å². The molecule has 4 rings (SSSR count). The molecule has 0 aliphatic carbocycles. The maximum Gasteiger partial charge on any atom is 0.290 e. The van der Waals surface area contributed by atoms with E-state index in [-0.39, 0.29) is 17.8 Å². The van der Waals surface area contributed by atoms with Gasteiger partial charge in [-0.3, -0.25) is 9.59 Å². The first-order chi connectivity index (χ1) is 15.0. The molecular formula is C26H22BrNO3. The van der Waals surface area contributed by atoms with Gasteiger partial charge in [-0.2, -0.15) is 0 Å². The maximum atomic E-state index is 13.2. The Bertz CT molecular complexity index is 1110. The van der Waals surface area contributed by atoms with E-state index in [4.69, 9.17) is 0 Å². The predicted octanol–water partition coefficient (Wildman–Crippen LogP) is 5.55. The number of ketones is 1. The molecule has 1 amide bonds. The van der Waals surface area contributed by atoms with E-state index in [1.165, 1.54) is 0 Å². The number of halogens is 1. The van der Waals surface area contributed by atoms with Crippen LogP contribution in [0.3, 0.4) is 0 Å². The lowest BCUT2D eigenvalue weighted by Gasteiger charge is -2.27. The first kappa shape index (κ1) is 21.1. The Morgan fingerprint density at radius 3 is 2.06 bits per heavy atom. The van der Waals surface area contributed by atoms with Gasteiger partial charge in [0.2, 0.25) is 0 Å². The summed E-state index contributed by atoms with van der Waals surface area (Å²) in [6.45, 7) is 0.305. The third kappa shape index (κ3) is 4.62. The van der Waals surface area contributed by atoms with E-state index in [1.54, 1.807) is 4.90 Å². The van der Waals surface area contributed by atoms with Crippen molar-refractivity contribution in [3.05, 3.63) is 117 Å². The Hall–Kier alpha value is -3.18. The summed E-state index contributed by atoms with van der Waals surface area (Å²) in [6.07, 6.45) is 0.777. The molecule has 0 spiro atoms. The highest BCUT2D eigenvalue weighted by Crippen LogP contribution is 2.39. The SMILES string of the molecule is O=C(CCc1ccccc1)C1=C(O)C(=O)N(Cc2ccccc2)C1c1ccc(Br)cc1. The zero-order valence-electron chi connectivity index (χ0n) is 16.9. The van der Waals surface area contributed by atoms with Gasteiger partial charge in [0.05, 0.1) is 11.6 Å². The van der Waals surface area contributed by atoms with Crippen molar-refractivity contribution in [2.24, 2.45) is 0 Å². The summed E-state index contributed by atoms with van der Waals surface area (Å²) in [5, 5.41) is 10.7. The van der Waals surface area contributed by atoms with Crippen LogP contribution in [0.2, 0.25) is 0 Å². The van der Waals surface area contributed by atoms with Crippen LogP contribution in [0.4, 0.5) is 0 Å². The van der Waals surface area contributed by atoms with Crippen molar-refractivity contribution in [1.82, 2.24) is 4.90 Å². The van der Waals surface area contributed by atoms with Crippen LogP contribution in [0.1, 0.15) is 29.2 Å². The van der Waals surface area contributed by atoms with Crippen molar-refractivity contribution in [3.8, 4) is 0 Å². The summed E-state index contributed by atoms with van der Waals surface area (Å²) in [7, 11) is 0. The zero-order valence-corrected chi connectivity index (χ0v) is 18.5. The summed E-state index contributed by atoms with van der Waals surface area (Å²) >= 11 is 3.43. The molecular weight excluding hydrogens is 454 g/mol. The van der Waals surface area contributed by atoms with Crippen molar-refractivity contribution in [3.63, 3.8) is 0 Å². The molecule has 3 aromatic rings. The fourth-order valence-electron chi connectivity index (χ4n) is 3.91. The number of Topliss-reactive ketones (excluding diaryl/α,β-unsaturated/α-hetero) is 1. The number of carbonyl (C=O) groups is 2. The van der Waals surface area contributed by atoms with E-state index in [9.17, 15) is 14.7 Å². The third-order valence-corrected chi connectivity index (χ3v) is 6.00. The Balaban J connectivity index is 1.66. The highest BCUT2D eigenvalue weighted by atomic mass is 79.9. The molecule has 0 saturated heterocycles. The Morgan fingerprint density at radius 2 is 1.45 bits per heavy atom. The first-order valence-electron chi connectivity index (χ1n) is 10.1. The minimum Gasteiger partial charge on any atom is -0.503 e. The summed E-state index contributed by atoms with van der Waals surface area (Å²) in [5.74, 6) is -1.17. The molecule has 31 heavy (non-hydrogen) atoms. The van der Waals surface area contributed by atoms with Gasteiger partial charge in [0.25, 0.3) is 5.91 Å². The van der Waals surface area contributed by atoms with E-state index in [1.807, 2.05) is 84.9 Å². The molecule has 1 N–H and O–H groups in total. The van der Waals surface area contributed by atoms with Crippen LogP contribution in [0.5, 0.6) is 0 Å². The number of benzene rings is 3. The molecule has 156 valence electrons. The lowest BCUT2D eigenvalue weighted by atomic mass is 9.93. The molecule has 1 aliphatic heterocycles. The van der Waals surface area contributed by atoms with Crippen LogP contribution in [0, 0.1) is 0 Å². The second kappa shape index (κ2) is 9.31. The number of amides is 1. The van der Waals surface area contributed by atoms with E-state index in [0.717, 1.165) is 21.2 Å². The van der Waals surface area contributed by atoms with Crippen LogP contribution < -0.4 is 0 Å². The number of aliphatic hydroxyl groups is 1. The zero-order chi connectivity index (χ0) is 21.8. The van der Waals surface area contributed by atoms with Gasteiger partial charge in [-0.05, 0) is 35.2 Å². The summed E-state index contributed by atoms with van der Waals surface area (Å²) < 4.78 is 0.903. The topological polar surface area (TPSA) is 57.6 Å². The number of aliphatic hydroxyl groups excluding tert-OH is 1. The van der Waals surface area contributed by atoms with Gasteiger partial charge >= 0.3 is 0 Å². The van der Waals surface area contributed by atoms with Crippen molar-refractivity contribution in [2.75, 3.05) is 0 Å². The Labute approximate surface area is 190 Å². The molecule has 1 unspecified atom stereocenters. The molecule has 1 heterocycles. The molecule has 4 nitrogen and oxygen atoms in total. The van der Waals surface area contributed by atoms with Gasteiger partial charge in [0, 0.05) is 17.4 Å². The van der Waals surface area contributed by atoms with Crippen LogP contribution in [0.25, 0.3) is 0 Å². The van der Waals surface area contributed by atoms with E-state index >= 15 is 0 Å². The van der Waals surface area contributed by atoms with Crippen molar-refractivity contribution >= 4 is 27.6 Å². The highest BCUT2D eigenvalue weighted by Gasteiger charge is 2.43. The molecule has 1 atom stereocenters. The smallest absolute Gasteiger partial charge is 0.290 e. The normalized spacial score (nSPS) is 16.1. The second-order valence-electron chi connectivity index (χ2n) is 7.54. The molecule has 1 aliphatic rings. The minimum absolute atomic E-state index is 0.180. The van der Waals surface area contributed by atoms with Crippen LogP contribution in [-0.2, 0) is 22.6 Å². The lowest BCUT2D eigenvalue weighted by molar-refractivity contribution is -0.130. The van der Waals surface area contributed by atoms with Crippen LogP contribution in [0.15, 0.2) is 101 Å². The quantitative estimate of drug-likeness (QED) is 0.487. The molecule has 0 saturated carbocycles. The maximum absolute atomic E-state index is 13.2. The minimum atomic E-state index is -0.621. The van der Waals surface area contributed by atoms with Crippen molar-refractivity contribution in [2.45, 2.75) is 25.4 Å². The third-order valence-electron chi connectivity index (χ3n) is 5.47. The summed E-state index contributed by atoms with van der Waals surface area (Å²) in [6, 6.07) is 26.2.